The molecule has 0 aliphatic carbocycles. The Kier molecular flexibility index (Phi) is 11.3. The molecule has 1 aromatic carbocycles. The zero-order valence-electron chi connectivity index (χ0n) is 11.2. The van der Waals surface area contributed by atoms with E-state index in [0.29, 0.717) is 16.9 Å². The van der Waals surface area contributed by atoms with E-state index in [-0.39, 0.29) is 17.1 Å². The summed E-state index contributed by atoms with van der Waals surface area (Å²) in [5, 5.41) is 8.21. The summed E-state index contributed by atoms with van der Waals surface area (Å²) < 4.78 is 0. The number of nitrogens with zero attached hydrogens (tertiary/aromatic N) is 4. The summed E-state index contributed by atoms with van der Waals surface area (Å²) in [7, 11) is 1.58. The summed E-state index contributed by atoms with van der Waals surface area (Å²) in [6.07, 6.45) is 2.85. The second-order valence-corrected chi connectivity index (χ2v) is 4.19. The normalized spacial score (nSPS) is 12.4. The van der Waals surface area contributed by atoms with Crippen molar-refractivity contribution in [3.05, 3.63) is 35.9 Å². The monoisotopic (exact) mass is 369 g/mol. The predicted octanol–water partition coefficient (Wildman–Crippen LogP) is 0.770. The molecule has 0 spiro atoms. The van der Waals surface area contributed by atoms with Gasteiger partial charge in [-0.1, -0.05) is 30.3 Å². The number of benzene rings is 1. The molecule has 0 saturated carbocycles. The molecule has 2 N–H and O–H groups in total. The van der Waals surface area contributed by atoms with Crippen LogP contribution in [0.25, 0.3) is 0 Å². The van der Waals surface area contributed by atoms with Crippen molar-refractivity contribution in [3.63, 3.8) is 0 Å². The van der Waals surface area contributed by atoms with Gasteiger partial charge in [-0.3, -0.25) is 20.8 Å². The first-order valence-corrected chi connectivity index (χ1v) is 6.50. The molecule has 0 aliphatic heterocycles. The molecule has 0 aromatic heterocycles. The largest absolute Gasteiger partial charge is 2.00 e. The van der Waals surface area contributed by atoms with E-state index in [1.807, 2.05) is 30.3 Å². The molecule has 1 radical (unpaired) electrons. The first-order chi connectivity index (χ1) is 9.72. The predicted molar refractivity (Wildman–Crippen MR) is 88.9 cm³/mol. The Bertz CT molecular complexity index is 516. The van der Waals surface area contributed by atoms with Crippen LogP contribution in [0.2, 0.25) is 0 Å². The minimum Gasteiger partial charge on any atom is -0.741 e. The molecule has 0 bridgehead atoms. The summed E-state index contributed by atoms with van der Waals surface area (Å²) in [4.78, 5) is 7.86. The summed E-state index contributed by atoms with van der Waals surface area (Å²) >= 11 is 9.77. The number of amidine groups is 2. The average Bonchev–Trinajstić information content (AvgIpc) is 2.49. The van der Waals surface area contributed by atoms with Gasteiger partial charge in [0.05, 0.1) is 19.0 Å². The van der Waals surface area contributed by atoms with Crippen LogP contribution in [0.15, 0.2) is 50.5 Å². The molecule has 115 valence electrons. The maximum absolute atomic E-state index is 5.00. The Morgan fingerprint density at radius 1 is 1.05 bits per heavy atom. The number of rotatable bonds is 5. The molecular weight excluding hydrogens is 356 g/mol. The number of hydrogen-bond acceptors (Lipinski definition) is 6. The van der Waals surface area contributed by atoms with Gasteiger partial charge in [-0.2, -0.15) is 10.2 Å². The standard InChI is InChI=1S/C12H16N6S2.Cu/c1-13-11(19)17-15-7-8-16-18-12(20)14-9-10-5-3-2-4-6-10;/h2-8H,9H2,1H3,(H2,13,17,19)(H2,14,18,20);/q;+2/p-2/b15-7+,16-8+;. The number of hydrogen-bond donors (Lipinski definition) is 2. The maximum atomic E-state index is 5.00. The van der Waals surface area contributed by atoms with Crippen LogP contribution in [-0.4, -0.2) is 29.8 Å². The Balaban J connectivity index is 0.00000400. The second kappa shape index (κ2) is 12.2. The van der Waals surface area contributed by atoms with Crippen molar-refractivity contribution >= 4 is 48.0 Å². The van der Waals surface area contributed by atoms with Gasteiger partial charge in [0.2, 0.25) is 0 Å². The van der Waals surface area contributed by atoms with Gasteiger partial charge < -0.3 is 25.3 Å². The van der Waals surface area contributed by atoms with Crippen molar-refractivity contribution in [1.82, 2.24) is 10.9 Å². The Labute approximate surface area is 145 Å². The summed E-state index contributed by atoms with van der Waals surface area (Å²) in [5.74, 6) is 0. The molecule has 6 nitrogen and oxygen atoms in total. The minimum atomic E-state index is 0. The van der Waals surface area contributed by atoms with Crippen LogP contribution < -0.4 is 10.9 Å². The fourth-order valence-electron chi connectivity index (χ4n) is 1.08. The third-order valence-electron chi connectivity index (χ3n) is 1.99. The van der Waals surface area contributed by atoms with Crippen molar-refractivity contribution in [2.24, 2.45) is 20.2 Å². The van der Waals surface area contributed by atoms with Gasteiger partial charge in [-0.15, -0.1) is 0 Å². The average molecular weight is 370 g/mol. The van der Waals surface area contributed by atoms with E-state index in [0.717, 1.165) is 5.56 Å². The van der Waals surface area contributed by atoms with Crippen LogP contribution in [0, 0.1) is 0 Å². The summed E-state index contributed by atoms with van der Waals surface area (Å²) in [5.41, 5.74) is 6.23. The first kappa shape index (κ1) is 19.5. The fourth-order valence-corrected chi connectivity index (χ4v) is 1.25. The Hall–Kier alpha value is -1.54. The van der Waals surface area contributed by atoms with Crippen LogP contribution in [0.5, 0.6) is 0 Å². The molecule has 0 fully saturated rings. The van der Waals surface area contributed by atoms with E-state index in [1.165, 1.54) is 12.4 Å². The van der Waals surface area contributed by atoms with Gasteiger partial charge in [0.15, 0.2) is 0 Å². The van der Waals surface area contributed by atoms with Gasteiger partial charge in [0, 0.05) is 7.05 Å². The molecule has 0 aliphatic rings. The number of nitrogens with one attached hydrogen (secondary N) is 2. The number of hydrazone groups is 2. The maximum Gasteiger partial charge on any atom is 2.00 e. The van der Waals surface area contributed by atoms with Gasteiger partial charge in [-0.05, 0) is 15.9 Å². The molecule has 0 heterocycles. The van der Waals surface area contributed by atoms with E-state index in [1.54, 1.807) is 7.05 Å². The van der Waals surface area contributed by atoms with Crippen molar-refractivity contribution < 1.29 is 17.1 Å². The van der Waals surface area contributed by atoms with Crippen LogP contribution in [-0.2, 0) is 48.9 Å². The van der Waals surface area contributed by atoms with Crippen molar-refractivity contribution in [2.45, 2.75) is 6.54 Å². The second-order valence-electron chi connectivity index (χ2n) is 3.42. The topological polar surface area (TPSA) is 73.5 Å². The molecule has 0 saturated heterocycles. The van der Waals surface area contributed by atoms with Crippen molar-refractivity contribution in [2.75, 3.05) is 7.05 Å². The van der Waals surface area contributed by atoms with Crippen LogP contribution >= 0.6 is 0 Å². The van der Waals surface area contributed by atoms with Gasteiger partial charge in [0.25, 0.3) is 0 Å². The van der Waals surface area contributed by atoms with E-state index in [2.05, 4.69) is 31.0 Å². The molecular formula is C12H14CuN6S2. The minimum absolute atomic E-state index is 0. The summed E-state index contributed by atoms with van der Waals surface area (Å²) in [6, 6.07) is 9.83. The molecule has 0 unspecified atom stereocenters. The van der Waals surface area contributed by atoms with Crippen LogP contribution in [0.1, 0.15) is 5.56 Å². The summed E-state index contributed by atoms with van der Waals surface area (Å²) in [6.45, 7) is 0.518. The first-order valence-electron chi connectivity index (χ1n) is 5.68. The molecule has 1 aromatic rings. The van der Waals surface area contributed by atoms with E-state index >= 15 is 0 Å². The fraction of sp³-hybridized carbons (Fsp3) is 0.167. The molecule has 21 heavy (non-hydrogen) atoms. The van der Waals surface area contributed by atoms with Crippen LogP contribution in [0.3, 0.4) is 0 Å². The SMILES string of the molecule is CN=C([S-])N/N=C/C=N/NC([S-])=NCc1ccccc1.[Cu+2]. The van der Waals surface area contributed by atoms with E-state index in [9.17, 15) is 0 Å². The van der Waals surface area contributed by atoms with Gasteiger partial charge >= 0.3 is 17.1 Å². The zero-order valence-corrected chi connectivity index (χ0v) is 13.7. The smallest absolute Gasteiger partial charge is 0.741 e. The Morgan fingerprint density at radius 3 is 2.19 bits per heavy atom. The molecule has 1 rings (SSSR count). The van der Waals surface area contributed by atoms with E-state index in [4.69, 9.17) is 25.3 Å². The van der Waals surface area contributed by atoms with Gasteiger partial charge in [-0.25, -0.2) is 0 Å². The van der Waals surface area contributed by atoms with Crippen molar-refractivity contribution in [1.29, 1.82) is 0 Å². The van der Waals surface area contributed by atoms with Crippen molar-refractivity contribution in [3.8, 4) is 0 Å². The Morgan fingerprint density at radius 2 is 1.62 bits per heavy atom. The van der Waals surface area contributed by atoms with Gasteiger partial charge in [0.1, 0.15) is 0 Å². The third-order valence-corrected chi connectivity index (χ3v) is 2.48. The van der Waals surface area contributed by atoms with Crippen LogP contribution in [0.4, 0.5) is 0 Å². The molecule has 9 heteroatoms. The quantitative estimate of drug-likeness (QED) is 0.264. The third kappa shape index (κ3) is 9.91. The zero-order chi connectivity index (χ0) is 14.6. The van der Waals surface area contributed by atoms with E-state index < -0.39 is 0 Å². The molecule has 0 amide bonds. The molecule has 0 atom stereocenters. The number of aliphatic imine (C=N–C) groups is 2.